The number of hydrogen-bond donors (Lipinski definition) is 1. The first-order valence-corrected chi connectivity index (χ1v) is 11.0. The summed E-state index contributed by atoms with van der Waals surface area (Å²) in [6.07, 6.45) is 1.61. The highest BCUT2D eigenvalue weighted by Crippen LogP contribution is 2.22. The van der Waals surface area contributed by atoms with E-state index in [1.807, 2.05) is 30.3 Å². The van der Waals surface area contributed by atoms with Gasteiger partial charge in [-0.3, -0.25) is 9.59 Å². The molecule has 0 bridgehead atoms. The van der Waals surface area contributed by atoms with Crippen molar-refractivity contribution >= 4 is 34.2 Å². The Morgan fingerprint density at radius 3 is 2.33 bits per heavy atom. The van der Waals surface area contributed by atoms with Gasteiger partial charge in [-0.05, 0) is 30.3 Å². The number of aryl methyl sites for hydroxylation is 1. The van der Waals surface area contributed by atoms with Crippen molar-refractivity contribution in [3.8, 4) is 5.69 Å². The number of aromatic amines is 1. The number of piperazine rings is 1. The number of H-pyrrole nitrogens is 1. The number of carbonyl (C=O) groups is 1. The number of amides is 1. The second-order valence-corrected chi connectivity index (χ2v) is 8.48. The number of nitrogens with one attached hydrogen (secondary N) is 1. The number of rotatable bonds is 3. The topological polar surface area (TPSA) is 83.3 Å². The first kappa shape index (κ1) is 21.1. The maximum atomic E-state index is 13.3. The molecule has 3 heterocycles. The van der Waals surface area contributed by atoms with Gasteiger partial charge in [-0.25, -0.2) is 9.36 Å². The minimum absolute atomic E-state index is 0.209. The Balaban J connectivity index is 1.45. The number of aromatic nitrogens is 3. The molecule has 168 valence electrons. The quantitative estimate of drug-likeness (QED) is 0.506. The summed E-state index contributed by atoms with van der Waals surface area (Å²) in [5, 5.41) is 0.673. The second kappa shape index (κ2) is 8.29. The summed E-state index contributed by atoms with van der Waals surface area (Å²) in [6.45, 7) is 2.36. The maximum Gasteiger partial charge on any atom is 0.333 e. The fourth-order valence-electron chi connectivity index (χ4n) is 4.36. The maximum absolute atomic E-state index is 13.3. The van der Waals surface area contributed by atoms with Crippen molar-refractivity contribution in [2.45, 2.75) is 0 Å². The standard InChI is InChI=1S/C24H22ClN5O3/c1-27-15-19(20-21(27)23(32)30(24(33)26-20)17-7-3-2-4-8-17)22(31)29-12-10-28(11-13-29)18-9-5-6-16(25)14-18/h2-9,14-15H,10-13H2,1H3,(H,26,33). The Kier molecular flexibility index (Phi) is 5.30. The van der Waals surface area contributed by atoms with Crippen LogP contribution >= 0.6 is 11.6 Å². The highest BCUT2D eigenvalue weighted by molar-refractivity contribution is 6.30. The van der Waals surface area contributed by atoms with Gasteiger partial charge >= 0.3 is 5.69 Å². The molecule has 4 aromatic rings. The van der Waals surface area contributed by atoms with Crippen LogP contribution < -0.4 is 16.1 Å². The summed E-state index contributed by atoms with van der Waals surface area (Å²) >= 11 is 6.11. The number of benzene rings is 2. The van der Waals surface area contributed by atoms with Crippen molar-refractivity contribution < 1.29 is 4.79 Å². The van der Waals surface area contributed by atoms with E-state index in [0.717, 1.165) is 10.3 Å². The van der Waals surface area contributed by atoms with Crippen molar-refractivity contribution in [3.05, 3.63) is 92.2 Å². The van der Waals surface area contributed by atoms with Crippen molar-refractivity contribution in [2.24, 2.45) is 7.05 Å². The predicted molar refractivity (Wildman–Crippen MR) is 129 cm³/mol. The zero-order valence-electron chi connectivity index (χ0n) is 18.0. The molecule has 9 heteroatoms. The molecule has 1 amide bonds. The summed E-state index contributed by atoms with van der Waals surface area (Å²) in [5.41, 5.74) is 1.30. The van der Waals surface area contributed by atoms with Gasteiger partial charge in [0.25, 0.3) is 11.5 Å². The van der Waals surface area contributed by atoms with Crippen LogP contribution in [-0.2, 0) is 7.05 Å². The molecular weight excluding hydrogens is 442 g/mol. The summed E-state index contributed by atoms with van der Waals surface area (Å²) in [6, 6.07) is 16.4. The molecule has 0 unspecified atom stereocenters. The van der Waals surface area contributed by atoms with Crippen LogP contribution in [0.5, 0.6) is 0 Å². The van der Waals surface area contributed by atoms with Gasteiger partial charge in [0.05, 0.1) is 16.8 Å². The molecule has 8 nitrogen and oxygen atoms in total. The number of carbonyl (C=O) groups excluding carboxylic acids is 1. The Morgan fingerprint density at radius 2 is 1.64 bits per heavy atom. The SMILES string of the molecule is Cn1cc(C(=O)N2CCN(c3cccc(Cl)c3)CC2)c2[nH]c(=O)n(-c3ccccc3)c(=O)c21. The largest absolute Gasteiger partial charge is 0.368 e. The number of halogens is 1. The van der Waals surface area contributed by atoms with Crippen molar-refractivity contribution in [2.75, 3.05) is 31.1 Å². The van der Waals surface area contributed by atoms with Gasteiger partial charge < -0.3 is 19.4 Å². The Labute approximate surface area is 194 Å². The van der Waals surface area contributed by atoms with E-state index in [1.165, 1.54) is 0 Å². The van der Waals surface area contributed by atoms with Gasteiger partial charge in [0, 0.05) is 50.1 Å². The van der Waals surface area contributed by atoms with E-state index < -0.39 is 11.2 Å². The van der Waals surface area contributed by atoms with Crippen molar-refractivity contribution in [3.63, 3.8) is 0 Å². The number of anilines is 1. The molecular formula is C24H22ClN5O3. The Morgan fingerprint density at radius 1 is 0.939 bits per heavy atom. The summed E-state index contributed by atoms with van der Waals surface area (Å²) < 4.78 is 2.68. The molecule has 1 aliphatic rings. The highest BCUT2D eigenvalue weighted by Gasteiger charge is 2.27. The molecule has 33 heavy (non-hydrogen) atoms. The number of para-hydroxylation sites is 1. The molecule has 2 aromatic heterocycles. The van der Waals surface area contributed by atoms with Gasteiger partial charge in [0.2, 0.25) is 0 Å². The van der Waals surface area contributed by atoms with E-state index in [-0.39, 0.29) is 16.9 Å². The lowest BCUT2D eigenvalue weighted by Gasteiger charge is -2.36. The van der Waals surface area contributed by atoms with Gasteiger partial charge in [-0.2, -0.15) is 0 Å². The molecule has 1 N–H and O–H groups in total. The van der Waals surface area contributed by atoms with Gasteiger partial charge in [-0.1, -0.05) is 35.9 Å². The Hall–Kier alpha value is -3.78. The zero-order valence-corrected chi connectivity index (χ0v) is 18.7. The number of nitrogens with zero attached hydrogens (tertiary/aromatic N) is 4. The number of fused-ring (bicyclic) bond motifs is 1. The Bertz CT molecular complexity index is 1460. The molecule has 1 fully saturated rings. The molecule has 0 atom stereocenters. The highest BCUT2D eigenvalue weighted by atomic mass is 35.5. The monoisotopic (exact) mass is 463 g/mol. The minimum atomic E-state index is -0.579. The van der Waals surface area contributed by atoms with Gasteiger partial charge in [0.15, 0.2) is 0 Å². The second-order valence-electron chi connectivity index (χ2n) is 8.04. The third-order valence-electron chi connectivity index (χ3n) is 6.01. The normalized spacial score (nSPS) is 14.1. The molecule has 0 radical (unpaired) electrons. The zero-order chi connectivity index (χ0) is 23.1. The average Bonchev–Trinajstić information content (AvgIpc) is 3.15. The van der Waals surface area contributed by atoms with E-state index in [0.29, 0.717) is 42.5 Å². The predicted octanol–water partition coefficient (Wildman–Crippen LogP) is 2.63. The lowest BCUT2D eigenvalue weighted by Crippen LogP contribution is -2.48. The summed E-state index contributed by atoms with van der Waals surface area (Å²) in [4.78, 5) is 46.0. The summed E-state index contributed by atoms with van der Waals surface area (Å²) in [5.74, 6) is -0.209. The van der Waals surface area contributed by atoms with Crippen LogP contribution in [0, 0.1) is 0 Å². The van der Waals surface area contributed by atoms with E-state index in [1.54, 1.807) is 47.0 Å². The van der Waals surface area contributed by atoms with Crippen LogP contribution in [-0.4, -0.2) is 51.1 Å². The van der Waals surface area contributed by atoms with Crippen LogP contribution in [0.1, 0.15) is 10.4 Å². The average molecular weight is 464 g/mol. The molecule has 0 saturated carbocycles. The fourth-order valence-corrected chi connectivity index (χ4v) is 4.54. The van der Waals surface area contributed by atoms with Gasteiger partial charge in [-0.15, -0.1) is 0 Å². The van der Waals surface area contributed by atoms with Crippen molar-refractivity contribution in [1.29, 1.82) is 0 Å². The first-order valence-electron chi connectivity index (χ1n) is 10.6. The molecule has 1 aliphatic heterocycles. The van der Waals surface area contributed by atoms with E-state index in [2.05, 4.69) is 9.88 Å². The van der Waals surface area contributed by atoms with Gasteiger partial charge in [0.1, 0.15) is 5.52 Å². The van der Waals surface area contributed by atoms with Crippen LogP contribution in [0.4, 0.5) is 5.69 Å². The lowest BCUT2D eigenvalue weighted by atomic mass is 10.2. The van der Waals surface area contributed by atoms with Crippen molar-refractivity contribution in [1.82, 2.24) is 19.0 Å². The molecule has 0 aliphatic carbocycles. The van der Waals surface area contributed by atoms with E-state index in [4.69, 9.17) is 11.6 Å². The third-order valence-corrected chi connectivity index (χ3v) is 6.24. The molecule has 5 rings (SSSR count). The fraction of sp³-hybridized carbons (Fsp3) is 0.208. The van der Waals surface area contributed by atoms with Crippen LogP contribution in [0.15, 0.2) is 70.4 Å². The first-order chi connectivity index (χ1) is 15.9. The van der Waals surface area contributed by atoms with Crippen LogP contribution in [0.25, 0.3) is 16.7 Å². The molecule has 2 aromatic carbocycles. The van der Waals surface area contributed by atoms with Crippen LogP contribution in [0.2, 0.25) is 5.02 Å². The smallest absolute Gasteiger partial charge is 0.333 e. The molecule has 0 spiro atoms. The lowest BCUT2D eigenvalue weighted by molar-refractivity contribution is 0.0748. The van der Waals surface area contributed by atoms with Crippen LogP contribution in [0.3, 0.4) is 0 Å². The van der Waals surface area contributed by atoms with E-state index in [9.17, 15) is 14.4 Å². The minimum Gasteiger partial charge on any atom is -0.368 e. The third kappa shape index (κ3) is 3.72. The summed E-state index contributed by atoms with van der Waals surface area (Å²) in [7, 11) is 1.70. The molecule has 1 saturated heterocycles. The van der Waals surface area contributed by atoms with E-state index >= 15 is 0 Å². The number of hydrogen-bond acceptors (Lipinski definition) is 4.